The van der Waals surface area contributed by atoms with Crippen LogP contribution < -0.4 is 5.32 Å². The molecule has 1 atom stereocenters. The summed E-state index contributed by atoms with van der Waals surface area (Å²) < 4.78 is 7.44. The largest absolute Gasteiger partial charge is 0.385 e. The third-order valence-corrected chi connectivity index (χ3v) is 5.41. The second-order valence-electron chi connectivity index (χ2n) is 7.42. The first-order valence-corrected chi connectivity index (χ1v) is 9.63. The maximum atomic E-state index is 12.7. The fraction of sp³-hybridized carbons (Fsp3) is 0.524. The maximum Gasteiger partial charge on any atom is 0.321 e. The predicted molar refractivity (Wildman–Crippen MR) is 107 cm³/mol. The summed E-state index contributed by atoms with van der Waals surface area (Å²) in [4.78, 5) is 19.2. The number of methoxy groups -OCH3 is 1. The molecule has 2 amide bonds. The van der Waals surface area contributed by atoms with Gasteiger partial charge in [-0.15, -0.1) is 0 Å². The number of hydrogen-bond donors (Lipinski definition) is 1. The number of nitrogens with one attached hydrogen (secondary N) is 1. The molecule has 2 heterocycles. The molecule has 1 unspecified atom stereocenters. The SMILES string of the molecule is COCCCn1c(C)cnc1C1CCN(C(=O)Nc2ccc(C)c(C)c2)C1. The van der Waals surface area contributed by atoms with Crippen LogP contribution in [0.2, 0.25) is 0 Å². The molecule has 1 saturated heterocycles. The summed E-state index contributed by atoms with van der Waals surface area (Å²) in [6.45, 7) is 9.32. The molecular weight excluding hydrogens is 340 g/mol. The average molecular weight is 370 g/mol. The first-order valence-electron chi connectivity index (χ1n) is 9.63. The minimum atomic E-state index is -0.0324. The first kappa shape index (κ1) is 19.4. The highest BCUT2D eigenvalue weighted by atomic mass is 16.5. The minimum absolute atomic E-state index is 0.0324. The molecule has 0 saturated carbocycles. The number of aromatic nitrogens is 2. The van der Waals surface area contributed by atoms with Crippen molar-refractivity contribution in [3.63, 3.8) is 0 Å². The van der Waals surface area contributed by atoms with Crippen LogP contribution in [-0.2, 0) is 11.3 Å². The van der Waals surface area contributed by atoms with Gasteiger partial charge in [0.25, 0.3) is 0 Å². The molecule has 1 aliphatic heterocycles. The number of benzene rings is 1. The number of rotatable bonds is 6. The Bertz CT molecular complexity index is 799. The van der Waals surface area contributed by atoms with E-state index in [4.69, 9.17) is 4.74 Å². The second-order valence-corrected chi connectivity index (χ2v) is 7.42. The van der Waals surface area contributed by atoms with Crippen molar-refractivity contribution in [2.24, 2.45) is 0 Å². The Morgan fingerprint density at radius 3 is 2.85 bits per heavy atom. The van der Waals surface area contributed by atoms with E-state index in [-0.39, 0.29) is 11.9 Å². The lowest BCUT2D eigenvalue weighted by atomic mass is 10.1. The Kier molecular flexibility index (Phi) is 6.16. The van der Waals surface area contributed by atoms with Gasteiger partial charge in [0.15, 0.2) is 0 Å². The van der Waals surface area contributed by atoms with Gasteiger partial charge in [-0.1, -0.05) is 6.07 Å². The number of urea groups is 1. The molecule has 1 fully saturated rings. The molecule has 0 radical (unpaired) electrons. The zero-order valence-corrected chi connectivity index (χ0v) is 16.8. The quantitative estimate of drug-likeness (QED) is 0.786. The predicted octanol–water partition coefficient (Wildman–Crippen LogP) is 3.87. The molecule has 27 heavy (non-hydrogen) atoms. The van der Waals surface area contributed by atoms with Gasteiger partial charge in [0.1, 0.15) is 5.82 Å². The van der Waals surface area contributed by atoms with Crippen LogP contribution in [0.1, 0.15) is 41.4 Å². The van der Waals surface area contributed by atoms with Crippen LogP contribution >= 0.6 is 0 Å². The molecule has 146 valence electrons. The van der Waals surface area contributed by atoms with E-state index >= 15 is 0 Å². The number of likely N-dealkylation sites (tertiary alicyclic amines) is 1. The van der Waals surface area contributed by atoms with Crippen LogP contribution in [-0.4, -0.2) is 47.3 Å². The van der Waals surface area contributed by atoms with Crippen LogP contribution in [0.5, 0.6) is 0 Å². The Labute approximate surface area is 161 Å². The van der Waals surface area contributed by atoms with E-state index < -0.39 is 0 Å². The fourth-order valence-electron chi connectivity index (χ4n) is 3.64. The molecule has 6 heteroatoms. The summed E-state index contributed by atoms with van der Waals surface area (Å²) in [5, 5.41) is 3.03. The molecule has 1 N–H and O–H groups in total. The zero-order chi connectivity index (χ0) is 19.4. The number of amides is 2. The first-order chi connectivity index (χ1) is 13.0. The molecule has 1 aromatic heterocycles. The molecule has 6 nitrogen and oxygen atoms in total. The minimum Gasteiger partial charge on any atom is -0.385 e. The number of carbonyl (C=O) groups is 1. The number of ether oxygens (including phenoxy) is 1. The average Bonchev–Trinajstić information content (AvgIpc) is 3.26. The summed E-state index contributed by atoms with van der Waals surface area (Å²) in [6, 6.07) is 5.99. The number of anilines is 1. The van der Waals surface area contributed by atoms with E-state index in [1.165, 1.54) is 16.8 Å². The van der Waals surface area contributed by atoms with E-state index in [9.17, 15) is 4.79 Å². The van der Waals surface area contributed by atoms with Crippen molar-refractivity contribution in [1.82, 2.24) is 14.5 Å². The van der Waals surface area contributed by atoms with Gasteiger partial charge in [-0.25, -0.2) is 9.78 Å². The van der Waals surface area contributed by atoms with Crippen LogP contribution in [0.15, 0.2) is 24.4 Å². The highest BCUT2D eigenvalue weighted by Crippen LogP contribution is 2.28. The van der Waals surface area contributed by atoms with E-state index in [0.29, 0.717) is 6.54 Å². The van der Waals surface area contributed by atoms with Gasteiger partial charge in [0.2, 0.25) is 0 Å². The van der Waals surface area contributed by atoms with Crippen molar-refractivity contribution < 1.29 is 9.53 Å². The molecule has 3 rings (SSSR count). The molecule has 0 spiro atoms. The highest BCUT2D eigenvalue weighted by Gasteiger charge is 2.30. The third-order valence-electron chi connectivity index (χ3n) is 5.41. The molecule has 2 aromatic rings. The number of imidazole rings is 1. The van der Waals surface area contributed by atoms with Crippen LogP contribution in [0.3, 0.4) is 0 Å². The van der Waals surface area contributed by atoms with Crippen LogP contribution in [0, 0.1) is 20.8 Å². The normalized spacial score (nSPS) is 16.7. The highest BCUT2D eigenvalue weighted by molar-refractivity contribution is 5.89. The topological polar surface area (TPSA) is 59.4 Å². The lowest BCUT2D eigenvalue weighted by Crippen LogP contribution is -2.33. The lowest BCUT2D eigenvalue weighted by Gasteiger charge is -2.18. The van der Waals surface area contributed by atoms with Crippen molar-refractivity contribution in [1.29, 1.82) is 0 Å². The smallest absolute Gasteiger partial charge is 0.321 e. The fourth-order valence-corrected chi connectivity index (χ4v) is 3.64. The van der Waals surface area contributed by atoms with E-state index in [1.54, 1.807) is 7.11 Å². The van der Waals surface area contributed by atoms with Crippen molar-refractivity contribution in [2.75, 3.05) is 32.1 Å². The second kappa shape index (κ2) is 8.57. The van der Waals surface area contributed by atoms with Gasteiger partial charge in [0.05, 0.1) is 0 Å². The van der Waals surface area contributed by atoms with Crippen molar-refractivity contribution in [3.8, 4) is 0 Å². The number of carbonyl (C=O) groups excluding carboxylic acids is 1. The lowest BCUT2D eigenvalue weighted by molar-refractivity contribution is 0.189. The van der Waals surface area contributed by atoms with Gasteiger partial charge in [-0.3, -0.25) is 0 Å². The Balaban J connectivity index is 1.63. The van der Waals surface area contributed by atoms with Gasteiger partial charge in [-0.05, 0) is 56.9 Å². The molecule has 1 aliphatic rings. The van der Waals surface area contributed by atoms with Crippen molar-refractivity contribution >= 4 is 11.7 Å². The number of nitrogens with zero attached hydrogens (tertiary/aromatic N) is 3. The molecule has 0 bridgehead atoms. The van der Waals surface area contributed by atoms with Gasteiger partial charge in [0, 0.05) is 56.8 Å². The van der Waals surface area contributed by atoms with Gasteiger partial charge < -0.3 is 19.5 Å². The standard InChI is InChI=1S/C21H30N4O2/c1-15-6-7-19(12-16(15)2)23-21(26)24-10-8-18(14-24)20-22-13-17(3)25(20)9-5-11-27-4/h6-7,12-13,18H,5,8-11,14H2,1-4H3,(H,23,26). The van der Waals surface area contributed by atoms with Crippen LogP contribution in [0.4, 0.5) is 10.5 Å². The van der Waals surface area contributed by atoms with Gasteiger partial charge in [-0.2, -0.15) is 0 Å². The van der Waals surface area contributed by atoms with E-state index in [0.717, 1.165) is 44.0 Å². The zero-order valence-electron chi connectivity index (χ0n) is 16.8. The Morgan fingerprint density at radius 1 is 1.30 bits per heavy atom. The monoisotopic (exact) mass is 370 g/mol. The number of aryl methyl sites for hydroxylation is 3. The summed E-state index contributed by atoms with van der Waals surface area (Å²) in [7, 11) is 1.73. The van der Waals surface area contributed by atoms with Gasteiger partial charge >= 0.3 is 6.03 Å². The van der Waals surface area contributed by atoms with E-state index in [2.05, 4.69) is 35.6 Å². The summed E-state index contributed by atoms with van der Waals surface area (Å²) in [5.74, 6) is 1.37. The van der Waals surface area contributed by atoms with Crippen molar-refractivity contribution in [3.05, 3.63) is 47.0 Å². The third kappa shape index (κ3) is 4.50. The summed E-state index contributed by atoms with van der Waals surface area (Å²) in [5.41, 5.74) is 4.42. The Morgan fingerprint density at radius 2 is 2.11 bits per heavy atom. The molecule has 0 aliphatic carbocycles. The summed E-state index contributed by atoms with van der Waals surface area (Å²) >= 11 is 0. The van der Waals surface area contributed by atoms with Crippen molar-refractivity contribution in [2.45, 2.75) is 46.1 Å². The number of hydrogen-bond acceptors (Lipinski definition) is 3. The Hall–Kier alpha value is -2.34. The van der Waals surface area contributed by atoms with Crippen LogP contribution in [0.25, 0.3) is 0 Å². The maximum absolute atomic E-state index is 12.7. The summed E-state index contributed by atoms with van der Waals surface area (Å²) in [6.07, 6.45) is 3.84. The molecular formula is C21H30N4O2. The molecule has 1 aromatic carbocycles. The van der Waals surface area contributed by atoms with E-state index in [1.807, 2.05) is 29.3 Å².